The summed E-state index contributed by atoms with van der Waals surface area (Å²) in [4.78, 5) is 20.6. The van der Waals surface area contributed by atoms with Crippen LogP contribution < -0.4 is 0 Å². The minimum Gasteiger partial charge on any atom is -0.303 e. The van der Waals surface area contributed by atoms with Crippen LogP contribution in [-0.2, 0) is 9.59 Å². The third-order valence-corrected chi connectivity index (χ3v) is 4.99. The number of hydrogen-bond donors (Lipinski definition) is 0. The van der Waals surface area contributed by atoms with Crippen LogP contribution in [0.3, 0.4) is 0 Å². The van der Waals surface area contributed by atoms with E-state index in [0.29, 0.717) is 0 Å². The van der Waals surface area contributed by atoms with Crippen LogP contribution in [0.5, 0.6) is 0 Å². The number of carbonyl (C=O) groups excluding carboxylic acids is 2. The lowest BCUT2D eigenvalue weighted by atomic mass is 10.0. The molecule has 0 fully saturated rings. The Morgan fingerprint density at radius 2 is 0.769 bits per heavy atom. The number of aldehydes is 2. The lowest BCUT2D eigenvalue weighted by Crippen LogP contribution is -1.94. The second-order valence-corrected chi connectivity index (χ2v) is 8.05. The van der Waals surface area contributed by atoms with Gasteiger partial charge in [-0.15, -0.1) is 0 Å². The molecule has 0 amide bonds. The van der Waals surface area contributed by atoms with Gasteiger partial charge in [0.2, 0.25) is 0 Å². The normalized spacial score (nSPS) is 12.8. The van der Waals surface area contributed by atoms with E-state index in [-0.39, 0.29) is 11.8 Å². The van der Waals surface area contributed by atoms with Crippen molar-refractivity contribution in [3.05, 3.63) is 0 Å². The van der Waals surface area contributed by atoms with Gasteiger partial charge in [-0.2, -0.15) is 0 Å². The Bertz CT molecular complexity index is 247. The molecule has 0 heterocycles. The monoisotopic (exact) mass is 368 g/mol. The third-order valence-electron chi connectivity index (χ3n) is 4.99. The average molecular weight is 369 g/mol. The maximum atomic E-state index is 10.3. The van der Waals surface area contributed by atoms with E-state index in [1.807, 2.05) is 13.8 Å². The molecule has 2 nitrogen and oxygen atoms in total. The Labute approximate surface area is 164 Å². The van der Waals surface area contributed by atoms with Crippen molar-refractivity contribution in [2.45, 2.75) is 130 Å². The molecule has 0 aliphatic rings. The first-order valence-electron chi connectivity index (χ1n) is 11.5. The largest absolute Gasteiger partial charge is 0.303 e. The van der Waals surface area contributed by atoms with Crippen molar-refractivity contribution in [3.8, 4) is 0 Å². The molecule has 26 heavy (non-hydrogen) atoms. The van der Waals surface area contributed by atoms with Gasteiger partial charge in [0.25, 0.3) is 0 Å². The van der Waals surface area contributed by atoms with Gasteiger partial charge in [0, 0.05) is 11.8 Å². The lowest BCUT2D eigenvalue weighted by molar-refractivity contribution is -0.111. The van der Waals surface area contributed by atoms with E-state index >= 15 is 0 Å². The van der Waals surface area contributed by atoms with Crippen LogP contribution in [0.15, 0.2) is 0 Å². The second-order valence-electron chi connectivity index (χ2n) is 8.05. The summed E-state index contributed by atoms with van der Waals surface area (Å²) in [6.45, 7) is 8.49. The molecule has 0 aromatic carbocycles. The first-order chi connectivity index (χ1) is 12.6. The summed E-state index contributed by atoms with van der Waals surface area (Å²) in [6.07, 6.45) is 23.0. The standard InChI is InChI=1S/2C12H24O/c2*1-3-4-5-6-7-8-9-10-12(2)11-13/h2*11-12H,3-10H2,1-2H3. The fourth-order valence-corrected chi connectivity index (χ4v) is 2.98. The van der Waals surface area contributed by atoms with Crippen molar-refractivity contribution in [3.63, 3.8) is 0 Å². The molecule has 2 atom stereocenters. The molecule has 0 aromatic heterocycles. The summed E-state index contributed by atoms with van der Waals surface area (Å²) in [5, 5.41) is 0. The zero-order chi connectivity index (χ0) is 19.9. The van der Waals surface area contributed by atoms with Gasteiger partial charge in [-0.25, -0.2) is 0 Å². The van der Waals surface area contributed by atoms with E-state index in [1.165, 1.54) is 89.9 Å². The van der Waals surface area contributed by atoms with Gasteiger partial charge in [0.05, 0.1) is 0 Å². The quantitative estimate of drug-likeness (QED) is 0.182. The van der Waals surface area contributed by atoms with Crippen molar-refractivity contribution < 1.29 is 9.59 Å². The summed E-state index contributed by atoms with van der Waals surface area (Å²) < 4.78 is 0. The van der Waals surface area contributed by atoms with Crippen LogP contribution in [0.1, 0.15) is 130 Å². The SMILES string of the molecule is CCCCCCCCCC(C)C=O.CCCCCCCCCC(C)C=O. The summed E-state index contributed by atoms with van der Waals surface area (Å²) in [5.41, 5.74) is 0. The van der Waals surface area contributed by atoms with Gasteiger partial charge in [-0.05, 0) is 12.8 Å². The molecule has 0 bridgehead atoms. The minimum atomic E-state index is 0.274. The molecule has 0 radical (unpaired) electrons. The van der Waals surface area contributed by atoms with Gasteiger partial charge in [0.1, 0.15) is 12.6 Å². The van der Waals surface area contributed by atoms with Gasteiger partial charge in [-0.3, -0.25) is 0 Å². The van der Waals surface area contributed by atoms with Crippen molar-refractivity contribution in [1.82, 2.24) is 0 Å². The second kappa shape index (κ2) is 24.3. The molecule has 0 saturated carbocycles. The van der Waals surface area contributed by atoms with Crippen LogP contribution in [0, 0.1) is 11.8 Å². The molecule has 0 spiro atoms. The Morgan fingerprint density at radius 3 is 1.04 bits per heavy atom. The maximum absolute atomic E-state index is 10.3. The number of rotatable bonds is 18. The Morgan fingerprint density at radius 1 is 0.500 bits per heavy atom. The summed E-state index contributed by atoms with van der Waals surface area (Å²) in [6, 6.07) is 0. The van der Waals surface area contributed by atoms with E-state index in [4.69, 9.17) is 0 Å². The highest BCUT2D eigenvalue weighted by molar-refractivity contribution is 5.52. The molecule has 0 aliphatic carbocycles. The van der Waals surface area contributed by atoms with Crippen molar-refractivity contribution >= 4 is 12.6 Å². The molecule has 2 heteroatoms. The fraction of sp³-hybridized carbons (Fsp3) is 0.917. The Hall–Kier alpha value is -0.660. The van der Waals surface area contributed by atoms with Crippen molar-refractivity contribution in [2.24, 2.45) is 11.8 Å². The van der Waals surface area contributed by atoms with E-state index in [0.717, 1.165) is 25.4 Å². The zero-order valence-electron chi connectivity index (χ0n) is 18.4. The highest BCUT2D eigenvalue weighted by Gasteiger charge is 1.99. The summed E-state index contributed by atoms with van der Waals surface area (Å²) in [5.74, 6) is 0.547. The van der Waals surface area contributed by atoms with Crippen LogP contribution in [0.2, 0.25) is 0 Å². The van der Waals surface area contributed by atoms with Crippen LogP contribution >= 0.6 is 0 Å². The maximum Gasteiger partial charge on any atom is 0.122 e. The molecule has 2 unspecified atom stereocenters. The Balaban J connectivity index is 0. The van der Waals surface area contributed by atoms with E-state index in [9.17, 15) is 9.59 Å². The first-order valence-corrected chi connectivity index (χ1v) is 11.5. The first kappa shape index (κ1) is 27.6. The predicted molar refractivity (Wildman–Crippen MR) is 116 cm³/mol. The number of unbranched alkanes of at least 4 members (excludes halogenated alkanes) is 12. The van der Waals surface area contributed by atoms with Gasteiger partial charge in [0.15, 0.2) is 0 Å². The topological polar surface area (TPSA) is 34.1 Å². The zero-order valence-corrected chi connectivity index (χ0v) is 18.4. The highest BCUT2D eigenvalue weighted by Crippen LogP contribution is 2.12. The molecular weight excluding hydrogens is 320 g/mol. The van der Waals surface area contributed by atoms with Crippen LogP contribution in [0.25, 0.3) is 0 Å². The van der Waals surface area contributed by atoms with E-state index < -0.39 is 0 Å². The lowest BCUT2D eigenvalue weighted by Gasteiger charge is -2.02. The fourth-order valence-electron chi connectivity index (χ4n) is 2.98. The molecule has 0 aromatic rings. The van der Waals surface area contributed by atoms with Crippen molar-refractivity contribution in [1.29, 1.82) is 0 Å². The Kier molecular flexibility index (Phi) is 25.8. The molecule has 0 rings (SSSR count). The summed E-state index contributed by atoms with van der Waals surface area (Å²) in [7, 11) is 0. The molecular formula is C24H48O2. The van der Waals surface area contributed by atoms with Gasteiger partial charge < -0.3 is 9.59 Å². The summed E-state index contributed by atoms with van der Waals surface area (Å²) >= 11 is 0. The van der Waals surface area contributed by atoms with Crippen LogP contribution in [0.4, 0.5) is 0 Å². The molecule has 0 N–H and O–H groups in total. The van der Waals surface area contributed by atoms with Crippen molar-refractivity contribution in [2.75, 3.05) is 0 Å². The third kappa shape index (κ3) is 25.6. The van der Waals surface area contributed by atoms with E-state index in [1.54, 1.807) is 0 Å². The average Bonchev–Trinajstić information content (AvgIpc) is 2.66. The van der Waals surface area contributed by atoms with E-state index in [2.05, 4.69) is 13.8 Å². The van der Waals surface area contributed by atoms with Gasteiger partial charge in [-0.1, -0.05) is 118 Å². The highest BCUT2D eigenvalue weighted by atomic mass is 16.1. The number of hydrogen-bond acceptors (Lipinski definition) is 2. The molecule has 156 valence electrons. The molecule has 0 saturated heterocycles. The minimum absolute atomic E-state index is 0.274. The molecule has 0 aliphatic heterocycles. The predicted octanol–water partition coefficient (Wildman–Crippen LogP) is 7.92. The van der Waals surface area contributed by atoms with Crippen LogP contribution in [-0.4, -0.2) is 12.6 Å². The van der Waals surface area contributed by atoms with Gasteiger partial charge >= 0.3 is 0 Å². The smallest absolute Gasteiger partial charge is 0.122 e. The number of carbonyl (C=O) groups is 2.